The van der Waals surface area contributed by atoms with E-state index >= 15 is 0 Å². The van der Waals surface area contributed by atoms with Gasteiger partial charge in [-0.25, -0.2) is 9.07 Å². The highest BCUT2D eigenvalue weighted by Crippen LogP contribution is 2.45. The van der Waals surface area contributed by atoms with E-state index in [0.717, 1.165) is 29.8 Å². The molecule has 2 aliphatic rings. The summed E-state index contributed by atoms with van der Waals surface area (Å²) in [6.45, 7) is 2.05. The van der Waals surface area contributed by atoms with Gasteiger partial charge in [0.25, 0.3) is 0 Å². The third kappa shape index (κ3) is 1.86. The molecule has 0 bridgehead atoms. The Morgan fingerprint density at radius 3 is 2.77 bits per heavy atom. The average molecular weight is 296 g/mol. The second-order valence-corrected chi connectivity index (χ2v) is 6.40. The average Bonchev–Trinajstić information content (AvgIpc) is 2.89. The Morgan fingerprint density at radius 2 is 2.00 bits per heavy atom. The van der Waals surface area contributed by atoms with Gasteiger partial charge in [0.05, 0.1) is 23.0 Å². The second kappa shape index (κ2) is 4.63. The van der Waals surface area contributed by atoms with Crippen molar-refractivity contribution in [2.75, 3.05) is 0 Å². The van der Waals surface area contributed by atoms with Crippen LogP contribution >= 0.6 is 0 Å². The number of ketones is 1. The SMILES string of the molecule is CC12Cc3cnn(-c4ccc(F)cc4)c3C=C1CCCC2=O. The van der Waals surface area contributed by atoms with Crippen molar-refractivity contribution in [1.82, 2.24) is 9.78 Å². The van der Waals surface area contributed by atoms with Gasteiger partial charge in [0.15, 0.2) is 0 Å². The van der Waals surface area contributed by atoms with Crippen molar-refractivity contribution in [2.45, 2.75) is 32.6 Å². The summed E-state index contributed by atoms with van der Waals surface area (Å²) in [7, 11) is 0. The largest absolute Gasteiger partial charge is 0.299 e. The standard InChI is InChI=1S/C18H17FN2O/c1-18-10-12-11-20-21(15-7-5-14(19)6-8-15)16(12)9-13(18)3-2-4-17(18)22/h5-9,11H,2-4,10H2,1H3. The number of hydrogen-bond acceptors (Lipinski definition) is 2. The van der Waals surface area contributed by atoms with E-state index in [0.29, 0.717) is 18.6 Å². The molecule has 4 heteroatoms. The minimum atomic E-state index is -0.359. The van der Waals surface area contributed by atoms with Crippen molar-refractivity contribution in [3.63, 3.8) is 0 Å². The number of carbonyl (C=O) groups excluding carboxylic acids is 1. The van der Waals surface area contributed by atoms with Crippen molar-refractivity contribution in [3.05, 3.63) is 53.1 Å². The highest BCUT2D eigenvalue weighted by atomic mass is 19.1. The minimum Gasteiger partial charge on any atom is -0.299 e. The normalized spacial score (nSPS) is 23.7. The number of aromatic nitrogens is 2. The molecule has 2 aromatic rings. The van der Waals surface area contributed by atoms with E-state index in [1.54, 1.807) is 12.1 Å². The molecule has 1 unspecified atom stereocenters. The number of rotatable bonds is 1. The van der Waals surface area contributed by atoms with Crippen molar-refractivity contribution < 1.29 is 9.18 Å². The maximum absolute atomic E-state index is 13.1. The first-order valence-electron chi connectivity index (χ1n) is 7.65. The maximum atomic E-state index is 13.1. The number of hydrogen-bond donors (Lipinski definition) is 0. The number of nitrogens with zero attached hydrogens (tertiary/aromatic N) is 2. The molecule has 1 aromatic heterocycles. The van der Waals surface area contributed by atoms with Gasteiger partial charge in [-0.15, -0.1) is 0 Å². The van der Waals surface area contributed by atoms with Crippen LogP contribution in [0.3, 0.4) is 0 Å². The Kier molecular flexibility index (Phi) is 2.83. The van der Waals surface area contributed by atoms with Crippen LogP contribution in [0.1, 0.15) is 37.4 Å². The summed E-state index contributed by atoms with van der Waals surface area (Å²) in [5.74, 6) is 0.0822. The fraction of sp³-hybridized carbons (Fsp3) is 0.333. The van der Waals surface area contributed by atoms with E-state index in [1.807, 2.05) is 10.9 Å². The summed E-state index contributed by atoms with van der Waals surface area (Å²) in [6.07, 6.45) is 7.24. The Bertz CT molecular complexity index is 788. The van der Waals surface area contributed by atoms with Crippen LogP contribution in [0.2, 0.25) is 0 Å². The summed E-state index contributed by atoms with van der Waals surface area (Å²) >= 11 is 0. The van der Waals surface area contributed by atoms with E-state index in [1.165, 1.54) is 17.7 Å². The molecular formula is C18H17FN2O. The molecule has 0 N–H and O–H groups in total. The van der Waals surface area contributed by atoms with Gasteiger partial charge in [-0.1, -0.05) is 5.57 Å². The lowest BCUT2D eigenvalue weighted by Gasteiger charge is -2.37. The molecule has 1 heterocycles. The lowest BCUT2D eigenvalue weighted by Crippen LogP contribution is -2.37. The molecule has 0 amide bonds. The number of benzene rings is 1. The molecule has 1 atom stereocenters. The lowest BCUT2D eigenvalue weighted by atomic mass is 9.65. The zero-order valence-electron chi connectivity index (χ0n) is 12.5. The monoisotopic (exact) mass is 296 g/mol. The number of Topliss-reactive ketones (excluding diaryl/α,β-unsaturated/α-hetero) is 1. The summed E-state index contributed by atoms with van der Waals surface area (Å²) in [4.78, 5) is 12.4. The van der Waals surface area contributed by atoms with Gasteiger partial charge in [0, 0.05) is 6.42 Å². The van der Waals surface area contributed by atoms with Crippen molar-refractivity contribution >= 4 is 11.9 Å². The third-order valence-electron chi connectivity index (χ3n) is 4.99. The maximum Gasteiger partial charge on any atom is 0.143 e. The van der Waals surface area contributed by atoms with Crippen LogP contribution in [0.15, 0.2) is 36.0 Å². The van der Waals surface area contributed by atoms with Gasteiger partial charge >= 0.3 is 0 Å². The van der Waals surface area contributed by atoms with E-state index in [9.17, 15) is 9.18 Å². The van der Waals surface area contributed by atoms with Crippen LogP contribution in [0.5, 0.6) is 0 Å². The van der Waals surface area contributed by atoms with Crippen LogP contribution in [0.4, 0.5) is 4.39 Å². The molecule has 1 fully saturated rings. The first kappa shape index (κ1) is 13.4. The Morgan fingerprint density at radius 1 is 1.23 bits per heavy atom. The first-order chi connectivity index (χ1) is 10.6. The number of halogens is 1. The van der Waals surface area contributed by atoms with Gasteiger partial charge in [0.2, 0.25) is 0 Å². The van der Waals surface area contributed by atoms with Gasteiger partial charge < -0.3 is 0 Å². The highest BCUT2D eigenvalue weighted by Gasteiger charge is 2.42. The van der Waals surface area contributed by atoms with Crippen molar-refractivity contribution in [3.8, 4) is 5.69 Å². The molecule has 0 saturated heterocycles. The smallest absolute Gasteiger partial charge is 0.143 e. The zero-order valence-corrected chi connectivity index (χ0v) is 12.5. The Balaban J connectivity index is 1.82. The number of carbonyl (C=O) groups is 1. The molecular weight excluding hydrogens is 279 g/mol. The first-order valence-corrected chi connectivity index (χ1v) is 7.65. The zero-order chi connectivity index (χ0) is 15.3. The van der Waals surface area contributed by atoms with Crippen LogP contribution < -0.4 is 0 Å². The van der Waals surface area contributed by atoms with E-state index in [2.05, 4.69) is 18.1 Å². The van der Waals surface area contributed by atoms with Crippen LogP contribution in [-0.4, -0.2) is 15.6 Å². The summed E-state index contributed by atoms with van der Waals surface area (Å²) in [5, 5.41) is 4.45. The Labute approximate surface area is 128 Å². The second-order valence-electron chi connectivity index (χ2n) is 6.40. The highest BCUT2D eigenvalue weighted by molar-refractivity contribution is 5.91. The van der Waals surface area contributed by atoms with E-state index in [-0.39, 0.29) is 11.2 Å². The quantitative estimate of drug-likeness (QED) is 0.804. The van der Waals surface area contributed by atoms with Crippen LogP contribution in [-0.2, 0) is 11.2 Å². The van der Waals surface area contributed by atoms with E-state index in [4.69, 9.17) is 0 Å². The molecule has 1 aromatic carbocycles. The van der Waals surface area contributed by atoms with Crippen molar-refractivity contribution in [1.29, 1.82) is 0 Å². The third-order valence-corrected chi connectivity index (χ3v) is 4.99. The molecule has 3 nitrogen and oxygen atoms in total. The predicted octanol–water partition coefficient (Wildman–Crippen LogP) is 3.71. The van der Waals surface area contributed by atoms with Crippen LogP contribution in [0.25, 0.3) is 11.8 Å². The fourth-order valence-electron chi connectivity index (χ4n) is 3.63. The number of allylic oxidation sites excluding steroid dienone is 1. The molecule has 4 rings (SSSR count). The number of fused-ring (bicyclic) bond motifs is 2. The Hall–Kier alpha value is -2.23. The molecule has 1 saturated carbocycles. The topological polar surface area (TPSA) is 34.9 Å². The van der Waals surface area contributed by atoms with Gasteiger partial charge in [0.1, 0.15) is 11.6 Å². The van der Waals surface area contributed by atoms with Gasteiger partial charge in [-0.3, -0.25) is 4.79 Å². The minimum absolute atomic E-state index is 0.256. The summed E-state index contributed by atoms with van der Waals surface area (Å²) in [5.41, 5.74) is 3.80. The molecule has 0 spiro atoms. The predicted molar refractivity (Wildman–Crippen MR) is 82.2 cm³/mol. The fourth-order valence-corrected chi connectivity index (χ4v) is 3.63. The lowest BCUT2D eigenvalue weighted by molar-refractivity contribution is -0.127. The summed E-state index contributed by atoms with van der Waals surface area (Å²) < 4.78 is 14.9. The van der Waals surface area contributed by atoms with Gasteiger partial charge in [-0.2, -0.15) is 5.10 Å². The molecule has 0 radical (unpaired) electrons. The summed E-state index contributed by atoms with van der Waals surface area (Å²) in [6, 6.07) is 6.32. The van der Waals surface area contributed by atoms with Gasteiger partial charge in [-0.05, 0) is 62.1 Å². The molecule has 112 valence electrons. The molecule has 22 heavy (non-hydrogen) atoms. The van der Waals surface area contributed by atoms with Crippen LogP contribution in [0, 0.1) is 11.2 Å². The van der Waals surface area contributed by atoms with E-state index < -0.39 is 0 Å². The molecule has 2 aliphatic carbocycles. The molecule has 0 aliphatic heterocycles. The van der Waals surface area contributed by atoms with Crippen molar-refractivity contribution in [2.24, 2.45) is 5.41 Å².